The Hall–Kier alpha value is -2.60. The van der Waals surface area contributed by atoms with Crippen LogP contribution in [0, 0.1) is 6.92 Å². The van der Waals surface area contributed by atoms with Crippen LogP contribution >= 0.6 is 0 Å². The minimum atomic E-state index is 0.0661. The number of aryl methyl sites for hydroxylation is 2. The summed E-state index contributed by atoms with van der Waals surface area (Å²) in [5.74, 6) is 0.949. The molecule has 0 aliphatic carbocycles. The summed E-state index contributed by atoms with van der Waals surface area (Å²) >= 11 is 0. The molecule has 0 aliphatic heterocycles. The number of benzene rings is 1. The van der Waals surface area contributed by atoms with Gasteiger partial charge in [-0.05, 0) is 25.0 Å². The Labute approximate surface area is 147 Å². The van der Waals surface area contributed by atoms with E-state index >= 15 is 0 Å². The molecule has 0 radical (unpaired) electrons. The number of rotatable bonds is 8. The van der Waals surface area contributed by atoms with Crippen molar-refractivity contribution >= 4 is 16.8 Å². The van der Waals surface area contributed by atoms with Crippen LogP contribution in [0.15, 0.2) is 36.7 Å². The second-order valence-corrected chi connectivity index (χ2v) is 6.11. The van der Waals surface area contributed by atoms with Gasteiger partial charge in [0, 0.05) is 55.6 Å². The van der Waals surface area contributed by atoms with E-state index in [9.17, 15) is 4.79 Å². The number of H-pyrrole nitrogens is 1. The fraction of sp³-hybridized carbons (Fsp3) is 0.368. The van der Waals surface area contributed by atoms with Gasteiger partial charge in [-0.2, -0.15) is 0 Å². The van der Waals surface area contributed by atoms with Crippen molar-refractivity contribution in [3.8, 4) is 0 Å². The first kappa shape index (κ1) is 17.2. The maximum atomic E-state index is 12.1. The Morgan fingerprint density at radius 3 is 3.04 bits per heavy atom. The number of ether oxygens (including phenoxy) is 1. The van der Waals surface area contributed by atoms with E-state index in [0.717, 1.165) is 23.5 Å². The topological polar surface area (TPSA) is 71.9 Å². The van der Waals surface area contributed by atoms with Crippen molar-refractivity contribution < 1.29 is 9.53 Å². The van der Waals surface area contributed by atoms with Crippen molar-refractivity contribution in [1.82, 2.24) is 19.9 Å². The quantitative estimate of drug-likeness (QED) is 0.662. The number of carbonyl (C=O) groups excluding carboxylic acids is 1. The van der Waals surface area contributed by atoms with Gasteiger partial charge in [-0.25, -0.2) is 4.98 Å². The maximum absolute atomic E-state index is 12.1. The van der Waals surface area contributed by atoms with Crippen molar-refractivity contribution in [3.63, 3.8) is 0 Å². The minimum absolute atomic E-state index is 0.0661. The van der Waals surface area contributed by atoms with Gasteiger partial charge in [-0.15, -0.1) is 0 Å². The van der Waals surface area contributed by atoms with Gasteiger partial charge in [0.2, 0.25) is 5.91 Å². The minimum Gasteiger partial charge on any atom is -0.377 e. The Bertz CT molecular complexity index is 850. The fourth-order valence-corrected chi connectivity index (χ4v) is 3.04. The van der Waals surface area contributed by atoms with Gasteiger partial charge in [-0.3, -0.25) is 4.79 Å². The van der Waals surface area contributed by atoms with Crippen LogP contribution in [0.4, 0.5) is 0 Å². The molecule has 2 heterocycles. The van der Waals surface area contributed by atoms with Crippen LogP contribution < -0.4 is 5.32 Å². The fourth-order valence-electron chi connectivity index (χ4n) is 3.04. The zero-order valence-electron chi connectivity index (χ0n) is 14.7. The number of hydrogen-bond donors (Lipinski definition) is 2. The number of nitrogens with one attached hydrogen (secondary N) is 2. The van der Waals surface area contributed by atoms with E-state index in [-0.39, 0.29) is 5.91 Å². The summed E-state index contributed by atoms with van der Waals surface area (Å²) in [6.07, 6.45) is 5.03. The number of fused-ring (bicyclic) bond motifs is 1. The third-order valence-electron chi connectivity index (χ3n) is 4.37. The average Bonchev–Trinajstić information content (AvgIpc) is 3.18. The number of methoxy groups -OCH3 is 1. The average molecular weight is 340 g/mol. The number of carbonyl (C=O) groups is 1. The molecule has 2 aromatic heterocycles. The Morgan fingerprint density at radius 1 is 1.36 bits per heavy atom. The normalized spacial score (nSPS) is 11.1. The number of amides is 1. The van der Waals surface area contributed by atoms with E-state index in [4.69, 9.17) is 4.74 Å². The maximum Gasteiger partial charge on any atom is 0.220 e. The van der Waals surface area contributed by atoms with Gasteiger partial charge in [0.1, 0.15) is 12.4 Å². The highest BCUT2D eigenvalue weighted by Crippen LogP contribution is 2.18. The summed E-state index contributed by atoms with van der Waals surface area (Å²) in [5, 5.41) is 4.18. The highest BCUT2D eigenvalue weighted by atomic mass is 16.5. The molecule has 25 heavy (non-hydrogen) atoms. The van der Waals surface area contributed by atoms with Crippen molar-refractivity contribution in [1.29, 1.82) is 0 Å². The van der Waals surface area contributed by atoms with Gasteiger partial charge in [0.05, 0.1) is 0 Å². The van der Waals surface area contributed by atoms with Crippen molar-refractivity contribution in [2.75, 3.05) is 13.7 Å². The molecule has 0 unspecified atom stereocenters. The van der Waals surface area contributed by atoms with Gasteiger partial charge in [0.15, 0.2) is 0 Å². The summed E-state index contributed by atoms with van der Waals surface area (Å²) in [6.45, 7) is 3.76. The molecule has 0 saturated carbocycles. The van der Waals surface area contributed by atoms with Crippen LogP contribution in [-0.2, 0) is 29.1 Å². The zero-order valence-corrected chi connectivity index (χ0v) is 14.7. The smallest absolute Gasteiger partial charge is 0.220 e. The van der Waals surface area contributed by atoms with E-state index in [0.29, 0.717) is 26.1 Å². The molecule has 0 bridgehead atoms. The van der Waals surface area contributed by atoms with E-state index in [2.05, 4.69) is 25.9 Å². The lowest BCUT2D eigenvalue weighted by atomic mass is 10.1. The Kier molecular flexibility index (Phi) is 5.50. The van der Waals surface area contributed by atoms with Crippen LogP contribution in [0.2, 0.25) is 0 Å². The SMILES string of the molecule is COCc1ncc(C)n1CCNC(=O)CCc1c[nH]c2ccccc12. The number of para-hydroxylation sites is 1. The highest BCUT2D eigenvalue weighted by molar-refractivity contribution is 5.84. The van der Waals surface area contributed by atoms with Gasteiger partial charge >= 0.3 is 0 Å². The zero-order chi connectivity index (χ0) is 17.6. The summed E-state index contributed by atoms with van der Waals surface area (Å²) in [5.41, 5.74) is 3.36. The van der Waals surface area contributed by atoms with Crippen LogP contribution in [0.1, 0.15) is 23.5 Å². The molecule has 1 aromatic carbocycles. The highest BCUT2D eigenvalue weighted by Gasteiger charge is 2.09. The predicted molar refractivity (Wildman–Crippen MR) is 97.3 cm³/mol. The molecule has 3 aromatic rings. The molecule has 2 N–H and O–H groups in total. The van der Waals surface area contributed by atoms with Gasteiger partial charge in [0.25, 0.3) is 0 Å². The number of aromatic amines is 1. The molecule has 0 aliphatic rings. The van der Waals surface area contributed by atoms with E-state index in [1.165, 1.54) is 10.9 Å². The number of hydrogen-bond acceptors (Lipinski definition) is 3. The van der Waals surface area contributed by atoms with Crippen molar-refractivity contribution in [2.24, 2.45) is 0 Å². The van der Waals surface area contributed by atoms with E-state index < -0.39 is 0 Å². The molecule has 6 nitrogen and oxygen atoms in total. The largest absolute Gasteiger partial charge is 0.377 e. The lowest BCUT2D eigenvalue weighted by Gasteiger charge is -2.10. The molecule has 0 fully saturated rings. The van der Waals surface area contributed by atoms with Crippen molar-refractivity contribution in [2.45, 2.75) is 32.9 Å². The van der Waals surface area contributed by atoms with E-state index in [1.807, 2.05) is 37.5 Å². The lowest BCUT2D eigenvalue weighted by molar-refractivity contribution is -0.121. The van der Waals surface area contributed by atoms with Crippen LogP contribution in [0.3, 0.4) is 0 Å². The second kappa shape index (κ2) is 7.98. The van der Waals surface area contributed by atoms with Crippen molar-refractivity contribution in [3.05, 3.63) is 53.7 Å². The summed E-state index contributed by atoms with van der Waals surface area (Å²) in [7, 11) is 1.65. The lowest BCUT2D eigenvalue weighted by Crippen LogP contribution is -2.28. The molecule has 0 spiro atoms. The summed E-state index contributed by atoms with van der Waals surface area (Å²) in [6, 6.07) is 8.15. The Balaban J connectivity index is 1.48. The summed E-state index contributed by atoms with van der Waals surface area (Å²) < 4.78 is 7.22. The third kappa shape index (κ3) is 4.09. The molecule has 0 atom stereocenters. The Morgan fingerprint density at radius 2 is 2.20 bits per heavy atom. The second-order valence-electron chi connectivity index (χ2n) is 6.11. The van der Waals surface area contributed by atoms with Crippen LogP contribution in [0.25, 0.3) is 10.9 Å². The first-order chi connectivity index (χ1) is 12.2. The van der Waals surface area contributed by atoms with Crippen LogP contribution in [0.5, 0.6) is 0 Å². The standard InChI is InChI=1S/C19H24N4O2/c1-14-11-22-18(13-25-2)23(14)10-9-20-19(24)8-7-15-12-21-17-6-4-3-5-16(15)17/h3-6,11-12,21H,7-10,13H2,1-2H3,(H,20,24). The van der Waals surface area contributed by atoms with Gasteiger partial charge in [-0.1, -0.05) is 18.2 Å². The summed E-state index contributed by atoms with van der Waals surface area (Å²) in [4.78, 5) is 19.7. The molecular weight excluding hydrogens is 316 g/mol. The van der Waals surface area contributed by atoms with Crippen LogP contribution in [-0.4, -0.2) is 34.1 Å². The first-order valence-electron chi connectivity index (χ1n) is 8.50. The molecule has 3 rings (SSSR count). The molecule has 132 valence electrons. The number of aromatic nitrogens is 3. The first-order valence-corrected chi connectivity index (χ1v) is 8.50. The third-order valence-corrected chi connectivity index (χ3v) is 4.37. The molecule has 6 heteroatoms. The monoisotopic (exact) mass is 340 g/mol. The van der Waals surface area contributed by atoms with E-state index in [1.54, 1.807) is 7.11 Å². The number of imidazole rings is 1. The molecular formula is C19H24N4O2. The predicted octanol–water partition coefficient (Wildman–Crippen LogP) is 2.57. The molecule has 0 saturated heterocycles. The molecule has 1 amide bonds. The number of nitrogens with zero attached hydrogens (tertiary/aromatic N) is 2. The van der Waals surface area contributed by atoms with Gasteiger partial charge < -0.3 is 19.6 Å².